The van der Waals surface area contributed by atoms with E-state index in [2.05, 4.69) is 24.5 Å². The Hall–Kier alpha value is -3.29. The van der Waals surface area contributed by atoms with Crippen LogP contribution in [0.4, 0.5) is 5.69 Å². The number of benzene rings is 4. The van der Waals surface area contributed by atoms with E-state index in [1.165, 1.54) is 0 Å². The molecule has 0 bridgehead atoms. The van der Waals surface area contributed by atoms with E-state index >= 15 is 0 Å². The van der Waals surface area contributed by atoms with Gasteiger partial charge in [-0.15, -0.1) is 12.6 Å². The van der Waals surface area contributed by atoms with E-state index in [1.807, 2.05) is 60.7 Å². The zero-order valence-electron chi connectivity index (χ0n) is 13.6. The highest BCUT2D eigenvalue weighted by Crippen LogP contribution is 2.37. The standard InChI is InChI=1S/C22H13NO2S/c24-23(25)22-20-7-3-1-5-17(20)19(18-6-2-4-8-21(18)22)14-11-15-9-12-16(26)13-10-15/h1-10,12-13,26H. The molecule has 0 fully saturated rings. The van der Waals surface area contributed by atoms with Crippen LogP contribution < -0.4 is 0 Å². The first-order chi connectivity index (χ1) is 12.6. The van der Waals surface area contributed by atoms with Gasteiger partial charge in [-0.3, -0.25) is 10.1 Å². The van der Waals surface area contributed by atoms with Crippen molar-refractivity contribution in [2.24, 2.45) is 0 Å². The maximum Gasteiger partial charge on any atom is 0.285 e. The number of nitro benzene ring substituents is 1. The second-order valence-electron chi connectivity index (χ2n) is 5.87. The Kier molecular flexibility index (Phi) is 4.08. The zero-order chi connectivity index (χ0) is 18.1. The van der Waals surface area contributed by atoms with Gasteiger partial charge in [0.15, 0.2) is 0 Å². The minimum atomic E-state index is -0.312. The summed E-state index contributed by atoms with van der Waals surface area (Å²) < 4.78 is 0. The molecule has 0 aliphatic carbocycles. The fourth-order valence-corrected chi connectivity index (χ4v) is 3.27. The van der Waals surface area contributed by atoms with E-state index in [0.29, 0.717) is 10.8 Å². The van der Waals surface area contributed by atoms with E-state index in [1.54, 1.807) is 12.1 Å². The Morgan fingerprint density at radius 3 is 1.73 bits per heavy atom. The number of fused-ring (bicyclic) bond motifs is 2. The highest BCUT2D eigenvalue weighted by atomic mass is 32.1. The molecule has 0 aliphatic heterocycles. The van der Waals surface area contributed by atoms with Gasteiger partial charge >= 0.3 is 0 Å². The lowest BCUT2D eigenvalue weighted by atomic mass is 9.95. The number of non-ortho nitro benzene ring substituents is 1. The van der Waals surface area contributed by atoms with Gasteiger partial charge in [-0.1, -0.05) is 48.2 Å². The number of hydrogen-bond donors (Lipinski definition) is 1. The number of hydrogen-bond acceptors (Lipinski definition) is 3. The van der Waals surface area contributed by atoms with Crippen molar-refractivity contribution >= 4 is 39.9 Å². The lowest BCUT2D eigenvalue weighted by molar-refractivity contribution is -0.381. The Morgan fingerprint density at radius 2 is 1.23 bits per heavy atom. The highest BCUT2D eigenvalue weighted by Gasteiger charge is 2.20. The van der Waals surface area contributed by atoms with Crippen molar-refractivity contribution < 1.29 is 4.92 Å². The van der Waals surface area contributed by atoms with Crippen molar-refractivity contribution in [2.45, 2.75) is 4.90 Å². The van der Waals surface area contributed by atoms with Gasteiger partial charge in [0, 0.05) is 26.8 Å². The van der Waals surface area contributed by atoms with Gasteiger partial charge in [0.05, 0.1) is 15.7 Å². The number of rotatable bonds is 1. The Balaban J connectivity index is 2.07. The fraction of sp³-hybridized carbons (Fsp3) is 0. The molecule has 0 heterocycles. The molecule has 0 amide bonds. The first-order valence-corrected chi connectivity index (χ1v) is 8.49. The van der Waals surface area contributed by atoms with Crippen molar-refractivity contribution in [3.05, 3.63) is 94.0 Å². The first kappa shape index (κ1) is 16.2. The van der Waals surface area contributed by atoms with E-state index in [9.17, 15) is 10.1 Å². The molecule has 26 heavy (non-hydrogen) atoms. The molecule has 0 unspecified atom stereocenters. The fourth-order valence-electron chi connectivity index (χ4n) is 3.12. The third kappa shape index (κ3) is 2.79. The summed E-state index contributed by atoms with van der Waals surface area (Å²) in [4.78, 5) is 12.3. The minimum Gasteiger partial charge on any atom is -0.258 e. The van der Waals surface area contributed by atoms with Crippen molar-refractivity contribution in [1.82, 2.24) is 0 Å². The quantitative estimate of drug-likeness (QED) is 0.159. The van der Waals surface area contributed by atoms with Crippen LogP contribution in [0.1, 0.15) is 11.1 Å². The predicted octanol–water partition coefficient (Wildman–Crippen LogP) is 5.59. The van der Waals surface area contributed by atoms with Crippen LogP contribution >= 0.6 is 12.6 Å². The van der Waals surface area contributed by atoms with Crippen LogP contribution in [-0.2, 0) is 0 Å². The summed E-state index contributed by atoms with van der Waals surface area (Å²) in [6.07, 6.45) is 0. The average molecular weight is 355 g/mol. The molecule has 3 nitrogen and oxygen atoms in total. The maximum atomic E-state index is 11.7. The first-order valence-electron chi connectivity index (χ1n) is 8.04. The second kappa shape index (κ2) is 6.55. The van der Waals surface area contributed by atoms with Crippen molar-refractivity contribution in [2.75, 3.05) is 0 Å². The molecule has 0 radical (unpaired) electrons. The van der Waals surface area contributed by atoms with E-state index in [0.717, 1.165) is 26.8 Å². The van der Waals surface area contributed by atoms with Gasteiger partial charge in [0.2, 0.25) is 0 Å². The molecule has 0 aromatic heterocycles. The average Bonchev–Trinajstić information content (AvgIpc) is 2.66. The second-order valence-corrected chi connectivity index (χ2v) is 6.39. The van der Waals surface area contributed by atoms with Crippen LogP contribution in [0.5, 0.6) is 0 Å². The molecule has 4 heteroatoms. The lowest BCUT2D eigenvalue weighted by Crippen LogP contribution is -1.94. The normalized spacial score (nSPS) is 10.5. The van der Waals surface area contributed by atoms with E-state index in [-0.39, 0.29) is 10.6 Å². The summed E-state index contributed by atoms with van der Waals surface area (Å²) in [5, 5.41) is 14.5. The molecule has 4 aromatic carbocycles. The molecular formula is C22H13NO2S. The molecule has 0 atom stereocenters. The Labute approximate surface area is 155 Å². The van der Waals surface area contributed by atoms with Gasteiger partial charge in [-0.05, 0) is 36.4 Å². The molecular weight excluding hydrogens is 342 g/mol. The van der Waals surface area contributed by atoms with Gasteiger partial charge in [-0.2, -0.15) is 0 Å². The van der Waals surface area contributed by atoms with Crippen LogP contribution in [0.15, 0.2) is 77.7 Å². The minimum absolute atomic E-state index is 0.126. The summed E-state index contributed by atoms with van der Waals surface area (Å²) in [6.45, 7) is 0. The van der Waals surface area contributed by atoms with Gasteiger partial charge in [0.1, 0.15) is 0 Å². The topological polar surface area (TPSA) is 43.1 Å². The molecule has 0 aliphatic rings. The summed E-state index contributed by atoms with van der Waals surface area (Å²) in [5.41, 5.74) is 1.80. The van der Waals surface area contributed by atoms with Crippen LogP contribution in [0.3, 0.4) is 0 Å². The van der Waals surface area contributed by atoms with Crippen LogP contribution in [-0.4, -0.2) is 4.92 Å². The molecule has 0 saturated carbocycles. The van der Waals surface area contributed by atoms with Gasteiger partial charge in [-0.25, -0.2) is 0 Å². The molecule has 4 rings (SSSR count). The smallest absolute Gasteiger partial charge is 0.258 e. The molecule has 0 saturated heterocycles. The van der Waals surface area contributed by atoms with E-state index in [4.69, 9.17) is 0 Å². The highest BCUT2D eigenvalue weighted by molar-refractivity contribution is 7.80. The predicted molar refractivity (Wildman–Crippen MR) is 108 cm³/mol. The summed E-state index contributed by atoms with van der Waals surface area (Å²) >= 11 is 4.28. The summed E-state index contributed by atoms with van der Waals surface area (Å²) in [6, 6.07) is 22.3. The maximum absolute atomic E-state index is 11.7. The molecule has 4 aromatic rings. The van der Waals surface area contributed by atoms with Crippen LogP contribution in [0.2, 0.25) is 0 Å². The third-order valence-electron chi connectivity index (χ3n) is 4.28. The summed E-state index contributed by atoms with van der Waals surface area (Å²) in [5.74, 6) is 6.40. The van der Waals surface area contributed by atoms with Crippen molar-refractivity contribution in [1.29, 1.82) is 0 Å². The number of thiol groups is 1. The van der Waals surface area contributed by atoms with Crippen molar-refractivity contribution in [3.63, 3.8) is 0 Å². The largest absolute Gasteiger partial charge is 0.285 e. The van der Waals surface area contributed by atoms with Crippen molar-refractivity contribution in [3.8, 4) is 11.8 Å². The van der Waals surface area contributed by atoms with Crippen LogP contribution in [0, 0.1) is 22.0 Å². The zero-order valence-corrected chi connectivity index (χ0v) is 14.5. The third-order valence-corrected chi connectivity index (χ3v) is 4.58. The van der Waals surface area contributed by atoms with Gasteiger partial charge in [0.25, 0.3) is 5.69 Å². The Bertz CT molecular complexity index is 1160. The van der Waals surface area contributed by atoms with E-state index < -0.39 is 0 Å². The SMILES string of the molecule is O=[N+]([O-])c1c2ccccc2c(C#Cc2ccc(S)cc2)c2ccccc12. The molecule has 0 N–H and O–H groups in total. The Morgan fingerprint density at radius 1 is 0.731 bits per heavy atom. The number of nitrogens with zero attached hydrogens (tertiary/aromatic N) is 1. The number of nitro groups is 1. The molecule has 124 valence electrons. The molecule has 0 spiro atoms. The van der Waals surface area contributed by atoms with Gasteiger partial charge < -0.3 is 0 Å². The summed E-state index contributed by atoms with van der Waals surface area (Å²) in [7, 11) is 0. The monoisotopic (exact) mass is 355 g/mol. The lowest BCUT2D eigenvalue weighted by Gasteiger charge is -2.08. The van der Waals surface area contributed by atoms with Crippen LogP contribution in [0.25, 0.3) is 21.5 Å².